The molecule has 0 bridgehead atoms. The van der Waals surface area contributed by atoms with Crippen LogP contribution in [0, 0.1) is 11.3 Å². The van der Waals surface area contributed by atoms with Crippen molar-refractivity contribution in [3.63, 3.8) is 0 Å². The van der Waals surface area contributed by atoms with Gasteiger partial charge in [-0.1, -0.05) is 20.8 Å². The summed E-state index contributed by atoms with van der Waals surface area (Å²) in [6.45, 7) is 8.81. The quantitative estimate of drug-likeness (QED) is 0.828. The molecule has 102 valence electrons. The Morgan fingerprint density at radius 1 is 1.28 bits per heavy atom. The molecule has 1 aromatic heterocycles. The highest BCUT2D eigenvalue weighted by molar-refractivity contribution is 4.99. The van der Waals surface area contributed by atoms with Gasteiger partial charge in [0.2, 0.25) is 0 Å². The highest BCUT2D eigenvalue weighted by Gasteiger charge is 2.28. The normalized spacial score (nSPS) is 20.6. The maximum absolute atomic E-state index is 5.13. The molecule has 1 aromatic rings. The van der Waals surface area contributed by atoms with Gasteiger partial charge in [-0.3, -0.25) is 0 Å². The van der Waals surface area contributed by atoms with Gasteiger partial charge in [0, 0.05) is 26.5 Å². The molecule has 1 unspecified atom stereocenters. The van der Waals surface area contributed by atoms with Gasteiger partial charge in [0.1, 0.15) is 11.6 Å². The number of nitrogens with zero attached hydrogens (tertiary/aromatic N) is 3. The average Bonchev–Trinajstić information content (AvgIpc) is 2.55. The van der Waals surface area contributed by atoms with Crippen molar-refractivity contribution < 1.29 is 4.74 Å². The van der Waals surface area contributed by atoms with E-state index in [1.807, 2.05) is 0 Å². The Labute approximate surface area is 110 Å². The third kappa shape index (κ3) is 2.91. The lowest BCUT2D eigenvalue weighted by atomic mass is 9.76. The molecular formula is C14H25N3O. The van der Waals surface area contributed by atoms with E-state index in [2.05, 4.69) is 35.5 Å². The van der Waals surface area contributed by atoms with Gasteiger partial charge in [-0.2, -0.15) is 0 Å². The van der Waals surface area contributed by atoms with Crippen molar-refractivity contribution in [1.82, 2.24) is 14.8 Å². The van der Waals surface area contributed by atoms with Crippen LogP contribution < -0.4 is 0 Å². The molecule has 0 saturated heterocycles. The van der Waals surface area contributed by atoms with E-state index in [4.69, 9.17) is 4.74 Å². The predicted molar refractivity (Wildman–Crippen MR) is 71.5 cm³/mol. The van der Waals surface area contributed by atoms with Crippen LogP contribution in [-0.4, -0.2) is 28.5 Å². The fourth-order valence-electron chi connectivity index (χ4n) is 2.79. The van der Waals surface area contributed by atoms with E-state index >= 15 is 0 Å². The minimum absolute atomic E-state index is 0.393. The van der Waals surface area contributed by atoms with Gasteiger partial charge in [-0.05, 0) is 24.2 Å². The summed E-state index contributed by atoms with van der Waals surface area (Å²) in [4.78, 5) is 0. The molecular weight excluding hydrogens is 226 g/mol. The highest BCUT2D eigenvalue weighted by atomic mass is 16.5. The first-order valence-corrected chi connectivity index (χ1v) is 6.92. The fourth-order valence-corrected chi connectivity index (χ4v) is 2.79. The topological polar surface area (TPSA) is 39.9 Å². The van der Waals surface area contributed by atoms with Crippen LogP contribution in [0.15, 0.2) is 0 Å². The van der Waals surface area contributed by atoms with Crippen LogP contribution in [0.3, 0.4) is 0 Å². The number of ether oxygens (including phenoxy) is 1. The maximum Gasteiger partial charge on any atom is 0.135 e. The van der Waals surface area contributed by atoms with E-state index < -0.39 is 0 Å². The summed E-state index contributed by atoms with van der Waals surface area (Å²) in [6.07, 6.45) is 4.38. The number of hydrogen-bond acceptors (Lipinski definition) is 3. The Bertz CT molecular complexity index is 392. The van der Waals surface area contributed by atoms with Crippen molar-refractivity contribution in [2.75, 3.05) is 13.7 Å². The third-order valence-corrected chi connectivity index (χ3v) is 4.08. The lowest BCUT2D eigenvalue weighted by molar-refractivity contribution is 0.197. The summed E-state index contributed by atoms with van der Waals surface area (Å²) in [7, 11) is 1.73. The van der Waals surface area contributed by atoms with Crippen LogP contribution in [0.25, 0.3) is 0 Å². The van der Waals surface area contributed by atoms with Gasteiger partial charge in [-0.25, -0.2) is 0 Å². The molecule has 18 heavy (non-hydrogen) atoms. The first-order valence-electron chi connectivity index (χ1n) is 6.92. The standard InChI is InChI=1S/C14H25N3O/c1-14(2,3)11-5-6-12-15-16-13(8-10-18-4)17(12)9-7-11/h11H,5-10H2,1-4H3. The van der Waals surface area contributed by atoms with Gasteiger partial charge >= 0.3 is 0 Å². The fraction of sp³-hybridized carbons (Fsp3) is 0.857. The first-order chi connectivity index (χ1) is 8.52. The second-order valence-corrected chi connectivity index (χ2v) is 6.32. The summed E-state index contributed by atoms with van der Waals surface area (Å²) in [5.74, 6) is 3.02. The smallest absolute Gasteiger partial charge is 0.135 e. The van der Waals surface area contributed by atoms with Crippen LogP contribution in [0.5, 0.6) is 0 Å². The first kappa shape index (κ1) is 13.5. The van der Waals surface area contributed by atoms with Crippen molar-refractivity contribution in [1.29, 1.82) is 0 Å². The van der Waals surface area contributed by atoms with Crippen molar-refractivity contribution in [2.45, 2.75) is 53.0 Å². The molecule has 4 nitrogen and oxygen atoms in total. The Morgan fingerprint density at radius 2 is 2.06 bits per heavy atom. The molecule has 1 aliphatic rings. The molecule has 0 aromatic carbocycles. The summed E-state index contributed by atoms with van der Waals surface area (Å²) in [5, 5.41) is 8.64. The number of aromatic nitrogens is 3. The van der Waals surface area contributed by atoms with Gasteiger partial charge in [-0.15, -0.1) is 10.2 Å². The Balaban J connectivity index is 2.09. The molecule has 0 radical (unpaired) electrons. The molecule has 1 atom stereocenters. The Hall–Kier alpha value is -0.900. The molecule has 0 N–H and O–H groups in total. The maximum atomic E-state index is 5.13. The van der Waals surface area contributed by atoms with E-state index in [-0.39, 0.29) is 0 Å². The minimum atomic E-state index is 0.393. The SMILES string of the molecule is COCCc1nnc2n1CCC(C(C)(C)C)CC2. The third-order valence-electron chi connectivity index (χ3n) is 4.08. The molecule has 1 aliphatic heterocycles. The van der Waals surface area contributed by atoms with Crippen LogP contribution in [0.2, 0.25) is 0 Å². The zero-order valence-corrected chi connectivity index (χ0v) is 12.1. The second kappa shape index (κ2) is 5.39. The van der Waals surface area contributed by atoms with Crippen LogP contribution >= 0.6 is 0 Å². The molecule has 0 amide bonds. The van der Waals surface area contributed by atoms with Crippen molar-refractivity contribution in [3.05, 3.63) is 11.6 Å². The number of hydrogen-bond donors (Lipinski definition) is 0. The van der Waals surface area contributed by atoms with Crippen LogP contribution in [0.4, 0.5) is 0 Å². The van der Waals surface area contributed by atoms with Crippen molar-refractivity contribution in [3.8, 4) is 0 Å². The molecule has 2 heterocycles. The zero-order chi connectivity index (χ0) is 13.2. The summed E-state index contributed by atoms with van der Waals surface area (Å²) >= 11 is 0. The molecule has 0 saturated carbocycles. The monoisotopic (exact) mass is 251 g/mol. The second-order valence-electron chi connectivity index (χ2n) is 6.32. The number of methoxy groups -OCH3 is 1. The van der Waals surface area contributed by atoms with Gasteiger partial charge < -0.3 is 9.30 Å². The van der Waals surface area contributed by atoms with E-state index in [0.717, 1.165) is 43.6 Å². The molecule has 0 aliphatic carbocycles. The average molecular weight is 251 g/mol. The largest absolute Gasteiger partial charge is 0.384 e. The van der Waals surface area contributed by atoms with E-state index in [1.165, 1.54) is 12.8 Å². The van der Waals surface area contributed by atoms with E-state index in [9.17, 15) is 0 Å². The van der Waals surface area contributed by atoms with Crippen molar-refractivity contribution >= 4 is 0 Å². The summed E-state index contributed by atoms with van der Waals surface area (Å²) in [6, 6.07) is 0. The molecule has 2 rings (SSSR count). The van der Waals surface area contributed by atoms with Crippen LogP contribution in [0.1, 0.15) is 45.3 Å². The molecule has 0 spiro atoms. The van der Waals surface area contributed by atoms with Gasteiger partial charge in [0.25, 0.3) is 0 Å². The number of aryl methyl sites for hydroxylation is 1. The lowest BCUT2D eigenvalue weighted by Crippen LogP contribution is -2.21. The van der Waals surface area contributed by atoms with Gasteiger partial charge in [0.05, 0.1) is 6.61 Å². The Kier molecular flexibility index (Phi) is 4.05. The van der Waals surface area contributed by atoms with Crippen molar-refractivity contribution in [2.24, 2.45) is 11.3 Å². The number of fused-ring (bicyclic) bond motifs is 1. The zero-order valence-electron chi connectivity index (χ0n) is 12.1. The Morgan fingerprint density at radius 3 is 2.72 bits per heavy atom. The minimum Gasteiger partial charge on any atom is -0.384 e. The van der Waals surface area contributed by atoms with Gasteiger partial charge in [0.15, 0.2) is 0 Å². The van der Waals surface area contributed by atoms with Crippen LogP contribution in [-0.2, 0) is 24.1 Å². The van der Waals surface area contributed by atoms with E-state index in [1.54, 1.807) is 7.11 Å². The predicted octanol–water partition coefficient (Wildman–Crippen LogP) is 2.47. The summed E-state index contributed by atoms with van der Waals surface area (Å²) < 4.78 is 7.44. The lowest BCUT2D eigenvalue weighted by Gasteiger charge is -2.29. The highest BCUT2D eigenvalue weighted by Crippen LogP contribution is 2.34. The van der Waals surface area contributed by atoms with E-state index in [0.29, 0.717) is 5.41 Å². The molecule has 4 heteroatoms. The number of rotatable bonds is 3. The molecule has 0 fully saturated rings. The summed E-state index contributed by atoms with van der Waals surface area (Å²) in [5.41, 5.74) is 0.393.